The van der Waals surface area contributed by atoms with Crippen LogP contribution in [-0.4, -0.2) is 19.6 Å². The molecule has 1 N–H and O–H groups in total. The number of phenolic OH excluding ortho intramolecular Hbond substituents is 1. The van der Waals surface area contributed by atoms with Crippen LogP contribution in [0.15, 0.2) is 174 Å². The van der Waals surface area contributed by atoms with Crippen molar-refractivity contribution in [2.24, 2.45) is 0 Å². The van der Waals surface area contributed by atoms with E-state index in [1.807, 2.05) is 6.20 Å². The molecular formula is C67H62N3O2Pt-. The van der Waals surface area contributed by atoms with Crippen LogP contribution in [0, 0.1) is 6.07 Å². The summed E-state index contributed by atoms with van der Waals surface area (Å²) in [5, 5.41) is 17.0. The van der Waals surface area contributed by atoms with Crippen LogP contribution in [0.3, 0.4) is 0 Å². The van der Waals surface area contributed by atoms with Gasteiger partial charge in [-0.05, 0) is 80.3 Å². The summed E-state index contributed by atoms with van der Waals surface area (Å²) in [7, 11) is 0. The molecule has 8 aromatic carbocycles. The molecule has 0 amide bonds. The van der Waals surface area contributed by atoms with E-state index < -0.39 is 5.41 Å². The van der Waals surface area contributed by atoms with Gasteiger partial charge in [-0.1, -0.05) is 203 Å². The number of hydrogen-bond donors (Lipinski definition) is 1. The van der Waals surface area contributed by atoms with Gasteiger partial charge in [-0.25, -0.2) is 4.98 Å². The maximum Gasteiger partial charge on any atom is 0.148 e. The van der Waals surface area contributed by atoms with E-state index in [9.17, 15) is 5.11 Å². The molecule has 0 bridgehead atoms. The molecule has 0 radical (unpaired) electrons. The van der Waals surface area contributed by atoms with Gasteiger partial charge in [0.05, 0.1) is 22.3 Å². The van der Waals surface area contributed by atoms with Gasteiger partial charge in [0.2, 0.25) is 0 Å². The zero-order valence-corrected chi connectivity index (χ0v) is 46.0. The minimum Gasteiger partial charge on any atom is -0.507 e. The second-order valence-corrected chi connectivity index (χ2v) is 23.2. The third kappa shape index (κ3) is 8.70. The van der Waals surface area contributed by atoms with Gasteiger partial charge in [0, 0.05) is 65.7 Å². The van der Waals surface area contributed by atoms with Crippen LogP contribution in [0.4, 0.5) is 0 Å². The number of fused-ring (bicyclic) bond motifs is 6. The first-order valence-corrected chi connectivity index (χ1v) is 25.2. The van der Waals surface area contributed by atoms with Crippen LogP contribution in [0.25, 0.3) is 94.3 Å². The molecule has 3 heterocycles. The molecule has 368 valence electrons. The Labute approximate surface area is 444 Å². The number of furan rings is 1. The molecule has 0 spiro atoms. The monoisotopic (exact) mass is 1140 g/mol. The van der Waals surface area contributed by atoms with E-state index in [1.165, 1.54) is 11.1 Å². The SMILES string of the molecule is CC(C)(C)c1ccc(-n2c(-c3cc(C(C)(C)C)cc(C(C)(C)C)c3O)nc3c(-c4[c-]c(-c5nccc6c5oc5c7ccccc7ccc65)cc(C(C)(C)c5ccccc5)c4)cccc32)c(-c2ccccc2)c1.[Pt]. The molecule has 0 atom stereocenters. The Morgan fingerprint density at radius 3 is 1.88 bits per heavy atom. The minimum absolute atomic E-state index is 0. The van der Waals surface area contributed by atoms with E-state index in [-0.39, 0.29) is 43.1 Å². The van der Waals surface area contributed by atoms with Gasteiger partial charge in [-0.15, -0.1) is 29.3 Å². The molecular weight excluding hydrogens is 1070 g/mol. The fourth-order valence-corrected chi connectivity index (χ4v) is 10.4. The largest absolute Gasteiger partial charge is 0.507 e. The van der Waals surface area contributed by atoms with Crippen molar-refractivity contribution in [1.29, 1.82) is 0 Å². The van der Waals surface area contributed by atoms with E-state index in [1.54, 1.807) is 0 Å². The third-order valence-corrected chi connectivity index (χ3v) is 14.8. The van der Waals surface area contributed by atoms with E-state index in [2.05, 4.69) is 251 Å². The van der Waals surface area contributed by atoms with Crippen LogP contribution in [0.1, 0.15) is 104 Å². The molecule has 5 nitrogen and oxygen atoms in total. The first kappa shape index (κ1) is 49.5. The summed E-state index contributed by atoms with van der Waals surface area (Å²) in [6.45, 7) is 24.5. The second-order valence-electron chi connectivity index (χ2n) is 23.2. The molecule has 0 aliphatic heterocycles. The van der Waals surface area contributed by atoms with Crippen molar-refractivity contribution in [2.45, 2.75) is 97.8 Å². The number of pyridine rings is 1. The smallest absolute Gasteiger partial charge is 0.148 e. The van der Waals surface area contributed by atoms with Crippen LogP contribution >= 0.6 is 0 Å². The summed E-state index contributed by atoms with van der Waals surface area (Å²) in [5.74, 6) is 0.897. The number of rotatable bonds is 7. The quantitative estimate of drug-likeness (QED) is 0.162. The second kappa shape index (κ2) is 18.1. The normalized spacial score (nSPS) is 12.5. The van der Waals surface area contributed by atoms with Gasteiger partial charge in [-0.2, -0.15) is 0 Å². The molecule has 11 rings (SSSR count). The summed E-state index contributed by atoms with van der Waals surface area (Å²) in [4.78, 5) is 10.9. The number of phenols is 1. The van der Waals surface area contributed by atoms with E-state index in [0.717, 1.165) is 99.6 Å². The number of aromatic hydroxyl groups is 1. The van der Waals surface area contributed by atoms with Gasteiger partial charge >= 0.3 is 0 Å². The standard InChI is InChI=1S/C67H62N3O2.Pt/c1-64(2,3)46-30-32-56(53(38-46)41-21-14-12-15-22-41)70-57-28-20-27-49(59(57)69-63(70)54-39-47(65(4,5)6)40-55(60(54)71)66(7,8)9)43-35-44(37-48(36-43)67(10,11)45-24-16-13-17-25-45)58-62-52(33-34-68-58)51-31-29-42-23-18-19-26-50(42)61(51)72-62;/h12-34,36-40,71H,1-11H3;/q-1;. The fraction of sp³-hybridized carbons (Fsp3) is 0.224. The number of imidazole rings is 1. The minimum atomic E-state index is -0.418. The van der Waals surface area contributed by atoms with Crippen LogP contribution in [0.5, 0.6) is 5.75 Å². The van der Waals surface area contributed by atoms with Crippen molar-refractivity contribution in [3.8, 4) is 56.3 Å². The molecule has 3 aromatic heterocycles. The van der Waals surface area contributed by atoms with Gasteiger partial charge in [-0.3, -0.25) is 9.55 Å². The van der Waals surface area contributed by atoms with Gasteiger partial charge in [0.15, 0.2) is 0 Å². The topological polar surface area (TPSA) is 64.1 Å². The molecule has 0 unspecified atom stereocenters. The van der Waals surface area contributed by atoms with Crippen LogP contribution in [-0.2, 0) is 42.7 Å². The van der Waals surface area contributed by atoms with Crippen molar-refractivity contribution >= 4 is 43.7 Å². The predicted molar refractivity (Wildman–Crippen MR) is 301 cm³/mol. The first-order valence-electron chi connectivity index (χ1n) is 25.2. The fourth-order valence-electron chi connectivity index (χ4n) is 10.4. The van der Waals surface area contributed by atoms with Crippen LogP contribution in [0.2, 0.25) is 0 Å². The van der Waals surface area contributed by atoms with Gasteiger partial charge in [0.25, 0.3) is 0 Å². The van der Waals surface area contributed by atoms with Crippen molar-refractivity contribution in [1.82, 2.24) is 14.5 Å². The Hall–Kier alpha value is -7.07. The summed E-state index contributed by atoms with van der Waals surface area (Å²) in [6.07, 6.45) is 1.89. The average molecular weight is 1140 g/mol. The number of aromatic nitrogens is 3. The molecule has 6 heteroatoms. The van der Waals surface area contributed by atoms with E-state index in [0.29, 0.717) is 11.4 Å². The molecule has 0 saturated heterocycles. The third-order valence-electron chi connectivity index (χ3n) is 14.8. The molecule has 11 aromatic rings. The maximum atomic E-state index is 12.7. The first-order chi connectivity index (χ1) is 34.3. The molecule has 73 heavy (non-hydrogen) atoms. The summed E-state index contributed by atoms with van der Waals surface area (Å²) in [6, 6.07) is 62.1. The van der Waals surface area contributed by atoms with Crippen molar-refractivity contribution < 1.29 is 30.6 Å². The number of nitrogens with zero attached hydrogens (tertiary/aromatic N) is 3. The Kier molecular flexibility index (Phi) is 12.3. The molecule has 0 aliphatic carbocycles. The molecule has 0 fully saturated rings. The Balaban J connectivity index is 0.00000611. The van der Waals surface area contributed by atoms with E-state index >= 15 is 0 Å². The van der Waals surface area contributed by atoms with Crippen LogP contribution < -0.4 is 0 Å². The number of para-hydroxylation sites is 1. The van der Waals surface area contributed by atoms with Crippen molar-refractivity contribution in [3.63, 3.8) is 0 Å². The predicted octanol–water partition coefficient (Wildman–Crippen LogP) is 17.9. The Morgan fingerprint density at radius 2 is 1.16 bits per heavy atom. The summed E-state index contributed by atoms with van der Waals surface area (Å²) in [5.41, 5.74) is 14.9. The number of hydrogen-bond acceptors (Lipinski definition) is 4. The van der Waals surface area contributed by atoms with Gasteiger partial charge < -0.3 is 9.52 Å². The Bertz CT molecular complexity index is 3900. The number of benzene rings is 8. The molecule has 0 aliphatic rings. The summed E-state index contributed by atoms with van der Waals surface area (Å²) >= 11 is 0. The average Bonchev–Trinajstić information content (AvgIpc) is 3.95. The Morgan fingerprint density at radius 1 is 0.507 bits per heavy atom. The summed E-state index contributed by atoms with van der Waals surface area (Å²) < 4.78 is 9.21. The van der Waals surface area contributed by atoms with Crippen molar-refractivity contribution in [3.05, 3.63) is 204 Å². The molecule has 0 saturated carbocycles. The van der Waals surface area contributed by atoms with E-state index in [4.69, 9.17) is 14.4 Å². The zero-order chi connectivity index (χ0) is 50.5. The maximum absolute atomic E-state index is 12.7. The zero-order valence-electron chi connectivity index (χ0n) is 43.7. The van der Waals surface area contributed by atoms with Gasteiger partial charge in [0.1, 0.15) is 22.7 Å². The van der Waals surface area contributed by atoms with Crippen molar-refractivity contribution in [2.75, 3.05) is 0 Å².